The summed E-state index contributed by atoms with van der Waals surface area (Å²) in [5.74, 6) is -0.975. The number of thioether (sulfide) groups is 1. The number of hydrogen-bond donors (Lipinski definition) is 3. The molecule has 2 heterocycles. The van der Waals surface area contributed by atoms with Crippen molar-refractivity contribution in [1.82, 2.24) is 10.3 Å². The second-order valence-electron chi connectivity index (χ2n) is 10.8. The molecule has 0 fully saturated rings. The fraction of sp³-hybridized carbons (Fsp3) is 0.229. The average molecular weight is 655 g/mol. The Bertz CT molecular complexity index is 1760. The van der Waals surface area contributed by atoms with E-state index in [1.807, 2.05) is 6.07 Å². The number of carbonyl (C=O) groups is 4. The number of fused-ring (bicyclic) bond motifs is 1. The highest BCUT2D eigenvalue weighted by Gasteiger charge is 2.29. The Kier molecular flexibility index (Phi) is 11.0. The maximum absolute atomic E-state index is 13.4. The molecule has 0 bridgehead atoms. The van der Waals surface area contributed by atoms with Gasteiger partial charge in [-0.15, -0.1) is 23.1 Å². The average Bonchev–Trinajstić information content (AvgIpc) is 3.41. The summed E-state index contributed by atoms with van der Waals surface area (Å²) in [5, 5.41) is 9.04. The van der Waals surface area contributed by atoms with Gasteiger partial charge in [-0.05, 0) is 85.7 Å². The monoisotopic (exact) mass is 654 g/mol. The second kappa shape index (κ2) is 15.5. The molecule has 11 heteroatoms. The number of esters is 1. The third kappa shape index (κ3) is 8.49. The predicted molar refractivity (Wildman–Crippen MR) is 182 cm³/mol. The van der Waals surface area contributed by atoms with Gasteiger partial charge in [0, 0.05) is 33.4 Å². The molecule has 0 saturated carbocycles. The van der Waals surface area contributed by atoms with E-state index < -0.39 is 17.8 Å². The number of amides is 3. The summed E-state index contributed by atoms with van der Waals surface area (Å²) < 4.78 is 5.32. The van der Waals surface area contributed by atoms with Crippen LogP contribution in [0.15, 0.2) is 89.7 Å². The zero-order valence-corrected chi connectivity index (χ0v) is 27.1. The standard InChI is InChI=1S/C35H34N4O5S2/c1-3-44-35(43)31-27-15-14-22(2)17-29(27)46-34(31)39-30(40)21-45-26-13-7-12-25(19-26)37-33(42)28(18-23-9-8-16-36-20-23)38-32(41)24-10-5-4-6-11-24/h4-13,16,18-20,22H,3,14-15,17,21H2,1-2H3,(H,37,42)(H,38,41)(H,39,40)/b28-18-. The Labute approximate surface area is 275 Å². The Morgan fingerprint density at radius 2 is 1.87 bits per heavy atom. The van der Waals surface area contributed by atoms with E-state index in [1.54, 1.807) is 86.1 Å². The predicted octanol–water partition coefficient (Wildman–Crippen LogP) is 6.59. The van der Waals surface area contributed by atoms with Gasteiger partial charge in [-0.2, -0.15) is 0 Å². The molecule has 0 radical (unpaired) electrons. The lowest BCUT2D eigenvalue weighted by Gasteiger charge is -2.18. The van der Waals surface area contributed by atoms with E-state index in [1.165, 1.54) is 23.1 Å². The van der Waals surface area contributed by atoms with Crippen molar-refractivity contribution in [2.45, 2.75) is 38.0 Å². The third-order valence-corrected chi connectivity index (χ3v) is 9.39. The van der Waals surface area contributed by atoms with Gasteiger partial charge >= 0.3 is 5.97 Å². The highest BCUT2D eigenvalue weighted by molar-refractivity contribution is 8.00. The number of nitrogens with zero attached hydrogens (tertiary/aromatic N) is 1. The number of nitrogens with one attached hydrogen (secondary N) is 3. The molecule has 1 unspecified atom stereocenters. The van der Waals surface area contributed by atoms with E-state index in [9.17, 15) is 19.2 Å². The molecule has 3 N–H and O–H groups in total. The highest BCUT2D eigenvalue weighted by atomic mass is 32.2. The molecule has 236 valence electrons. The minimum absolute atomic E-state index is 0.0460. The van der Waals surface area contributed by atoms with E-state index in [0.29, 0.717) is 33.3 Å². The molecule has 5 rings (SSSR count). The van der Waals surface area contributed by atoms with E-state index in [2.05, 4.69) is 27.9 Å². The number of hydrogen-bond acceptors (Lipinski definition) is 8. The molecule has 0 saturated heterocycles. The molecule has 3 amide bonds. The number of aromatic nitrogens is 1. The van der Waals surface area contributed by atoms with Crippen molar-refractivity contribution in [2.24, 2.45) is 5.92 Å². The van der Waals surface area contributed by atoms with Crippen molar-refractivity contribution in [3.05, 3.63) is 112 Å². The second-order valence-corrected chi connectivity index (χ2v) is 12.9. The van der Waals surface area contributed by atoms with Crippen molar-refractivity contribution >= 4 is 63.6 Å². The van der Waals surface area contributed by atoms with Crippen molar-refractivity contribution in [2.75, 3.05) is 23.0 Å². The van der Waals surface area contributed by atoms with Gasteiger partial charge in [0.2, 0.25) is 5.91 Å². The molecule has 1 aliphatic rings. The minimum Gasteiger partial charge on any atom is -0.462 e. The summed E-state index contributed by atoms with van der Waals surface area (Å²) in [4.78, 5) is 58.1. The van der Waals surface area contributed by atoms with Crippen LogP contribution in [0, 0.1) is 5.92 Å². The summed E-state index contributed by atoms with van der Waals surface area (Å²) in [6.07, 6.45) is 7.43. The zero-order valence-electron chi connectivity index (χ0n) is 25.5. The van der Waals surface area contributed by atoms with E-state index in [4.69, 9.17) is 4.74 Å². The molecule has 2 aromatic heterocycles. The quantitative estimate of drug-likeness (QED) is 0.0947. The van der Waals surface area contributed by atoms with Gasteiger partial charge < -0.3 is 20.7 Å². The molecular formula is C35H34N4O5S2. The Morgan fingerprint density at radius 1 is 1.04 bits per heavy atom. The minimum atomic E-state index is -0.518. The normalized spacial score (nSPS) is 14.1. The number of ether oxygens (including phenoxy) is 1. The van der Waals surface area contributed by atoms with Crippen LogP contribution in [-0.4, -0.2) is 41.0 Å². The van der Waals surface area contributed by atoms with Gasteiger partial charge in [0.15, 0.2) is 0 Å². The molecule has 2 aromatic carbocycles. The number of thiophene rings is 1. The topological polar surface area (TPSA) is 126 Å². The van der Waals surface area contributed by atoms with Crippen LogP contribution in [0.25, 0.3) is 6.08 Å². The first-order chi connectivity index (χ1) is 22.3. The summed E-state index contributed by atoms with van der Waals surface area (Å²) in [6.45, 7) is 4.22. The fourth-order valence-corrected chi connectivity index (χ4v) is 7.17. The number of carbonyl (C=O) groups excluding carboxylic acids is 4. The summed E-state index contributed by atoms with van der Waals surface area (Å²) in [6, 6.07) is 19.2. The Balaban J connectivity index is 1.25. The first kappa shape index (κ1) is 32.6. The van der Waals surface area contributed by atoms with E-state index in [0.717, 1.165) is 34.6 Å². The smallest absolute Gasteiger partial charge is 0.341 e. The lowest BCUT2D eigenvalue weighted by atomic mass is 9.88. The lowest BCUT2D eigenvalue weighted by molar-refractivity contribution is -0.114. The molecule has 4 aromatic rings. The van der Waals surface area contributed by atoms with Crippen molar-refractivity contribution < 1.29 is 23.9 Å². The summed E-state index contributed by atoms with van der Waals surface area (Å²) >= 11 is 2.76. The largest absolute Gasteiger partial charge is 0.462 e. The Morgan fingerprint density at radius 3 is 2.63 bits per heavy atom. The highest BCUT2D eigenvalue weighted by Crippen LogP contribution is 2.40. The molecular weight excluding hydrogens is 621 g/mol. The van der Waals surface area contributed by atoms with Crippen LogP contribution in [0.3, 0.4) is 0 Å². The van der Waals surface area contributed by atoms with Gasteiger partial charge in [-0.3, -0.25) is 19.4 Å². The van der Waals surface area contributed by atoms with Gasteiger partial charge in [0.05, 0.1) is 17.9 Å². The molecule has 1 aliphatic carbocycles. The van der Waals surface area contributed by atoms with Gasteiger partial charge in [0.25, 0.3) is 11.8 Å². The molecule has 0 spiro atoms. The van der Waals surface area contributed by atoms with E-state index >= 15 is 0 Å². The van der Waals surface area contributed by atoms with Crippen molar-refractivity contribution in [1.29, 1.82) is 0 Å². The van der Waals surface area contributed by atoms with Gasteiger partial charge in [0.1, 0.15) is 10.7 Å². The van der Waals surface area contributed by atoms with E-state index in [-0.39, 0.29) is 24.0 Å². The van der Waals surface area contributed by atoms with Crippen LogP contribution in [0.5, 0.6) is 0 Å². The zero-order chi connectivity index (χ0) is 32.5. The van der Waals surface area contributed by atoms with Crippen LogP contribution >= 0.6 is 23.1 Å². The SMILES string of the molecule is CCOC(=O)c1c(NC(=O)CSc2cccc(NC(=O)/C(=C/c3cccnc3)NC(=O)c3ccccc3)c2)sc2c1CCC(C)C2. The van der Waals surface area contributed by atoms with Crippen molar-refractivity contribution in [3.8, 4) is 0 Å². The number of pyridine rings is 1. The summed E-state index contributed by atoms with van der Waals surface area (Å²) in [7, 11) is 0. The van der Waals surface area contributed by atoms with Crippen molar-refractivity contribution in [3.63, 3.8) is 0 Å². The number of benzene rings is 2. The maximum Gasteiger partial charge on any atom is 0.341 e. The first-order valence-corrected chi connectivity index (χ1v) is 16.7. The van der Waals surface area contributed by atoms with Gasteiger partial charge in [-0.25, -0.2) is 4.79 Å². The maximum atomic E-state index is 13.4. The van der Waals surface area contributed by atoms with Crippen LogP contribution < -0.4 is 16.0 Å². The van der Waals surface area contributed by atoms with Crippen LogP contribution in [0.2, 0.25) is 0 Å². The van der Waals surface area contributed by atoms with Crippen LogP contribution in [0.1, 0.15) is 57.0 Å². The van der Waals surface area contributed by atoms with Crippen LogP contribution in [-0.2, 0) is 27.2 Å². The summed E-state index contributed by atoms with van der Waals surface area (Å²) in [5.41, 5.74) is 3.06. The number of rotatable bonds is 11. The molecule has 9 nitrogen and oxygen atoms in total. The Hall–Kier alpha value is -4.74. The van der Waals surface area contributed by atoms with Crippen LogP contribution in [0.4, 0.5) is 10.7 Å². The third-order valence-electron chi connectivity index (χ3n) is 7.23. The fourth-order valence-electron chi connectivity index (χ4n) is 5.00. The molecule has 1 atom stereocenters. The van der Waals surface area contributed by atoms with Gasteiger partial charge in [-0.1, -0.05) is 37.3 Å². The first-order valence-electron chi connectivity index (χ1n) is 14.9. The number of anilines is 2. The lowest BCUT2D eigenvalue weighted by Crippen LogP contribution is -2.30. The molecule has 46 heavy (non-hydrogen) atoms. The molecule has 0 aliphatic heterocycles.